The van der Waals surface area contributed by atoms with Gasteiger partial charge in [0.05, 0.1) is 13.0 Å². The van der Waals surface area contributed by atoms with Gasteiger partial charge < -0.3 is 11.1 Å². The normalized spacial score (nSPS) is 28.9. The molecule has 0 aromatic heterocycles. The molecule has 0 aromatic carbocycles. The van der Waals surface area contributed by atoms with Gasteiger partial charge in [0, 0.05) is 0 Å². The molecule has 0 radical (unpaired) electrons. The minimum atomic E-state index is -0.175. The summed E-state index contributed by atoms with van der Waals surface area (Å²) in [4.78, 5) is 10.2. The second kappa shape index (κ2) is 1.50. The van der Waals surface area contributed by atoms with Gasteiger partial charge in [0.2, 0.25) is 0 Å². The zero-order valence-electron chi connectivity index (χ0n) is 4.05. The molecule has 0 aromatic rings. The van der Waals surface area contributed by atoms with Crippen LogP contribution in [0.3, 0.4) is 0 Å². The van der Waals surface area contributed by atoms with E-state index in [0.717, 1.165) is 13.0 Å². The number of carbonyl (C=O) groups excluding carboxylic acids is 1. The standard InChI is InChI=1S/C4H8N2O/c5-4(7)3-1-2-6-3/h3,6H,1-2H2,(H2,5,7)/p+1/t3-/m0/s1. The SMILES string of the molecule is NC(=O)[C@@H]1CC[NH2+]1. The van der Waals surface area contributed by atoms with Crippen molar-refractivity contribution >= 4 is 5.91 Å². The molecule has 1 saturated heterocycles. The lowest BCUT2D eigenvalue weighted by Crippen LogP contribution is -3.00. The van der Waals surface area contributed by atoms with Crippen LogP contribution in [0.5, 0.6) is 0 Å². The van der Waals surface area contributed by atoms with Crippen LogP contribution in [0, 0.1) is 0 Å². The van der Waals surface area contributed by atoms with Crippen LogP contribution >= 0.6 is 0 Å². The molecule has 1 aliphatic rings. The first-order valence-corrected chi connectivity index (χ1v) is 2.43. The van der Waals surface area contributed by atoms with Gasteiger partial charge in [0.1, 0.15) is 0 Å². The minimum Gasteiger partial charge on any atom is -0.365 e. The van der Waals surface area contributed by atoms with E-state index in [4.69, 9.17) is 5.73 Å². The zero-order valence-corrected chi connectivity index (χ0v) is 4.05. The first-order valence-electron chi connectivity index (χ1n) is 2.43. The summed E-state index contributed by atoms with van der Waals surface area (Å²) in [7, 11) is 0. The van der Waals surface area contributed by atoms with Crippen molar-refractivity contribution in [3.8, 4) is 0 Å². The molecule has 0 spiro atoms. The molecule has 0 saturated carbocycles. The van der Waals surface area contributed by atoms with Crippen molar-refractivity contribution in [1.29, 1.82) is 0 Å². The average Bonchev–Trinajstić information content (AvgIpc) is 1.23. The van der Waals surface area contributed by atoms with E-state index in [1.54, 1.807) is 0 Å². The van der Waals surface area contributed by atoms with Gasteiger partial charge >= 0.3 is 0 Å². The predicted molar refractivity (Wildman–Crippen MR) is 24.4 cm³/mol. The summed E-state index contributed by atoms with van der Waals surface area (Å²) >= 11 is 0. The average molecular weight is 101 g/mol. The van der Waals surface area contributed by atoms with Crippen molar-refractivity contribution in [3.05, 3.63) is 0 Å². The molecule has 1 heterocycles. The third kappa shape index (κ3) is 0.718. The Morgan fingerprint density at radius 3 is 2.43 bits per heavy atom. The summed E-state index contributed by atoms with van der Waals surface area (Å²) in [6.45, 7) is 1.06. The predicted octanol–water partition coefficient (Wildman–Crippen LogP) is -2.19. The molecule has 1 rings (SSSR count). The fourth-order valence-electron chi connectivity index (χ4n) is 0.592. The van der Waals surface area contributed by atoms with E-state index in [1.165, 1.54) is 0 Å². The molecule has 40 valence electrons. The lowest BCUT2D eigenvalue weighted by molar-refractivity contribution is -0.729. The molecule has 0 bridgehead atoms. The van der Waals surface area contributed by atoms with Crippen LogP contribution in [0.1, 0.15) is 6.42 Å². The summed E-state index contributed by atoms with van der Waals surface area (Å²) in [5.41, 5.74) is 4.93. The van der Waals surface area contributed by atoms with Gasteiger partial charge in [-0.15, -0.1) is 0 Å². The van der Waals surface area contributed by atoms with Crippen LogP contribution in [0.2, 0.25) is 0 Å². The Bertz CT molecular complexity index is 87.7. The van der Waals surface area contributed by atoms with Gasteiger partial charge in [-0.2, -0.15) is 0 Å². The van der Waals surface area contributed by atoms with E-state index in [-0.39, 0.29) is 11.9 Å². The van der Waals surface area contributed by atoms with Crippen molar-refractivity contribution < 1.29 is 10.1 Å². The van der Waals surface area contributed by atoms with Crippen LogP contribution in [0.25, 0.3) is 0 Å². The lowest BCUT2D eigenvalue weighted by Gasteiger charge is -2.18. The third-order valence-corrected chi connectivity index (χ3v) is 1.29. The van der Waals surface area contributed by atoms with Crippen LogP contribution < -0.4 is 11.1 Å². The Labute approximate surface area is 41.9 Å². The summed E-state index contributed by atoms with van der Waals surface area (Å²) in [5.74, 6) is -0.175. The molecule has 7 heavy (non-hydrogen) atoms. The van der Waals surface area contributed by atoms with E-state index in [1.807, 2.05) is 5.32 Å². The fraction of sp³-hybridized carbons (Fsp3) is 0.750. The van der Waals surface area contributed by atoms with E-state index >= 15 is 0 Å². The van der Waals surface area contributed by atoms with Crippen LogP contribution in [-0.2, 0) is 4.79 Å². The van der Waals surface area contributed by atoms with Crippen molar-refractivity contribution in [2.75, 3.05) is 6.54 Å². The molecular formula is C4H9N2O+. The number of rotatable bonds is 1. The highest BCUT2D eigenvalue weighted by molar-refractivity contribution is 5.78. The Balaban J connectivity index is 2.27. The number of carbonyl (C=O) groups is 1. The Morgan fingerprint density at radius 2 is 2.43 bits per heavy atom. The third-order valence-electron chi connectivity index (χ3n) is 1.29. The van der Waals surface area contributed by atoms with Gasteiger partial charge in [0.15, 0.2) is 6.04 Å². The molecule has 3 heteroatoms. The number of primary amides is 1. The Morgan fingerprint density at radius 1 is 1.86 bits per heavy atom. The van der Waals surface area contributed by atoms with Crippen molar-refractivity contribution in [3.63, 3.8) is 0 Å². The van der Waals surface area contributed by atoms with Gasteiger partial charge in [-0.1, -0.05) is 0 Å². The molecule has 0 unspecified atom stereocenters. The lowest BCUT2D eigenvalue weighted by atomic mass is 10.1. The van der Waals surface area contributed by atoms with Crippen LogP contribution in [-0.4, -0.2) is 18.5 Å². The number of nitrogens with two attached hydrogens (primary N) is 2. The molecule has 0 aliphatic carbocycles. The Hall–Kier alpha value is -0.570. The summed E-state index contributed by atoms with van der Waals surface area (Å²) in [6.07, 6.45) is 0.968. The van der Waals surface area contributed by atoms with E-state index in [9.17, 15) is 4.79 Å². The summed E-state index contributed by atoms with van der Waals surface area (Å²) in [6, 6.07) is 0.0972. The van der Waals surface area contributed by atoms with Crippen LogP contribution in [0.15, 0.2) is 0 Å². The molecule has 1 atom stereocenters. The van der Waals surface area contributed by atoms with E-state index in [2.05, 4.69) is 0 Å². The molecule has 1 fully saturated rings. The quantitative estimate of drug-likeness (QED) is 0.387. The van der Waals surface area contributed by atoms with Gasteiger partial charge in [-0.3, -0.25) is 4.79 Å². The zero-order chi connectivity index (χ0) is 5.28. The highest BCUT2D eigenvalue weighted by Crippen LogP contribution is 1.87. The van der Waals surface area contributed by atoms with Gasteiger partial charge in [-0.25, -0.2) is 0 Å². The maximum absolute atomic E-state index is 10.2. The highest BCUT2D eigenvalue weighted by atomic mass is 16.1. The first-order chi connectivity index (χ1) is 3.30. The van der Waals surface area contributed by atoms with Crippen LogP contribution in [0.4, 0.5) is 0 Å². The smallest absolute Gasteiger partial charge is 0.275 e. The largest absolute Gasteiger partial charge is 0.365 e. The van der Waals surface area contributed by atoms with E-state index in [0.29, 0.717) is 0 Å². The highest BCUT2D eigenvalue weighted by Gasteiger charge is 2.26. The van der Waals surface area contributed by atoms with Crippen molar-refractivity contribution in [2.45, 2.75) is 12.5 Å². The van der Waals surface area contributed by atoms with E-state index < -0.39 is 0 Å². The monoisotopic (exact) mass is 101 g/mol. The maximum atomic E-state index is 10.2. The van der Waals surface area contributed by atoms with Gasteiger partial charge in [-0.05, 0) is 0 Å². The molecule has 1 aliphatic heterocycles. The second-order valence-corrected chi connectivity index (χ2v) is 1.82. The van der Waals surface area contributed by atoms with Gasteiger partial charge in [0.25, 0.3) is 5.91 Å². The number of amides is 1. The molecule has 1 amide bonds. The molecule has 4 N–H and O–H groups in total. The summed E-state index contributed by atoms with van der Waals surface area (Å²) in [5, 5.41) is 1.95. The second-order valence-electron chi connectivity index (χ2n) is 1.82. The fourth-order valence-corrected chi connectivity index (χ4v) is 0.592. The Kier molecular flexibility index (Phi) is 0.982. The van der Waals surface area contributed by atoms with Crippen molar-refractivity contribution in [1.82, 2.24) is 0 Å². The van der Waals surface area contributed by atoms with Crippen molar-refractivity contribution in [2.24, 2.45) is 5.73 Å². The maximum Gasteiger partial charge on any atom is 0.275 e. The number of hydrogen-bond donors (Lipinski definition) is 2. The molecule has 3 nitrogen and oxygen atoms in total. The minimum absolute atomic E-state index is 0.0972. The number of hydrogen-bond acceptors (Lipinski definition) is 1. The molecular weight excluding hydrogens is 92.1 g/mol. The number of quaternary nitrogens is 1. The summed E-state index contributed by atoms with van der Waals surface area (Å²) < 4.78 is 0. The first kappa shape index (κ1) is 4.59. The topological polar surface area (TPSA) is 59.7 Å².